The van der Waals surface area contributed by atoms with E-state index in [0.29, 0.717) is 5.56 Å². The number of hydrogen-bond acceptors (Lipinski definition) is 2. The molecule has 2 rings (SSSR count). The molecule has 0 fully saturated rings. The Morgan fingerprint density at radius 1 is 1.19 bits per heavy atom. The Hall–Kier alpha value is -1.55. The van der Waals surface area contributed by atoms with Crippen molar-refractivity contribution < 1.29 is 8.78 Å². The Morgan fingerprint density at radius 3 is 2.69 bits per heavy atom. The van der Waals surface area contributed by atoms with Gasteiger partial charge in [0.15, 0.2) is 0 Å². The molecule has 84 valence electrons. The average Bonchev–Trinajstić information content (AvgIpc) is 2.29. The molecule has 0 spiro atoms. The highest BCUT2D eigenvalue weighted by molar-refractivity contribution is 5.81. The van der Waals surface area contributed by atoms with Crippen molar-refractivity contribution in [1.29, 1.82) is 0 Å². The number of fused-ring (bicyclic) bond motifs is 1. The van der Waals surface area contributed by atoms with Gasteiger partial charge in [-0.1, -0.05) is 18.2 Å². The predicted molar refractivity (Wildman–Crippen MR) is 59.4 cm³/mol. The van der Waals surface area contributed by atoms with Crippen molar-refractivity contribution in [1.82, 2.24) is 4.98 Å². The molecule has 4 heteroatoms. The van der Waals surface area contributed by atoms with Crippen LogP contribution in [0.4, 0.5) is 8.78 Å². The highest BCUT2D eigenvalue weighted by atomic mass is 19.3. The Bertz CT molecular complexity index is 492. The molecular weight excluding hydrogens is 210 g/mol. The molecule has 2 N–H and O–H groups in total. The van der Waals surface area contributed by atoms with E-state index in [2.05, 4.69) is 4.98 Å². The zero-order valence-corrected chi connectivity index (χ0v) is 8.66. The van der Waals surface area contributed by atoms with E-state index in [9.17, 15) is 8.78 Å². The summed E-state index contributed by atoms with van der Waals surface area (Å²) in [7, 11) is 0. The van der Waals surface area contributed by atoms with Crippen LogP contribution in [0, 0.1) is 0 Å². The van der Waals surface area contributed by atoms with Crippen molar-refractivity contribution in [2.45, 2.75) is 12.3 Å². The van der Waals surface area contributed by atoms with E-state index in [1.165, 1.54) is 0 Å². The Labute approximate surface area is 92.1 Å². The third kappa shape index (κ3) is 2.17. The molecule has 0 saturated carbocycles. The summed E-state index contributed by atoms with van der Waals surface area (Å²) in [5.74, 6) is -2.86. The first-order valence-corrected chi connectivity index (χ1v) is 5.03. The van der Waals surface area contributed by atoms with Gasteiger partial charge in [0.25, 0.3) is 5.92 Å². The number of pyridine rings is 1. The van der Waals surface area contributed by atoms with Crippen LogP contribution < -0.4 is 5.73 Å². The van der Waals surface area contributed by atoms with Crippen molar-refractivity contribution in [3.8, 4) is 0 Å². The van der Waals surface area contributed by atoms with Crippen LogP contribution in [-0.4, -0.2) is 17.5 Å². The molecule has 2 aromatic rings. The molecule has 0 radical (unpaired) electrons. The first kappa shape index (κ1) is 11.0. The van der Waals surface area contributed by atoms with Crippen LogP contribution in [0.25, 0.3) is 10.9 Å². The van der Waals surface area contributed by atoms with Crippen LogP contribution in [0.2, 0.25) is 0 Å². The number of nitrogens with zero attached hydrogens (tertiary/aromatic N) is 1. The Morgan fingerprint density at radius 2 is 1.94 bits per heavy atom. The Balaban J connectivity index is 2.45. The second-order valence-corrected chi connectivity index (χ2v) is 3.72. The van der Waals surface area contributed by atoms with Gasteiger partial charge in [-0.25, -0.2) is 8.78 Å². The second kappa shape index (κ2) is 4.14. The van der Waals surface area contributed by atoms with Crippen LogP contribution in [0.5, 0.6) is 0 Å². The van der Waals surface area contributed by atoms with E-state index in [-0.39, 0.29) is 6.42 Å². The second-order valence-electron chi connectivity index (χ2n) is 3.72. The van der Waals surface area contributed by atoms with Crippen LogP contribution in [0.1, 0.15) is 5.56 Å². The summed E-state index contributed by atoms with van der Waals surface area (Å²) in [5, 5.41) is 0.762. The van der Waals surface area contributed by atoms with E-state index in [4.69, 9.17) is 5.73 Å². The van der Waals surface area contributed by atoms with Gasteiger partial charge in [-0.15, -0.1) is 0 Å². The van der Waals surface area contributed by atoms with Crippen LogP contribution in [0.3, 0.4) is 0 Å². The molecule has 0 atom stereocenters. The van der Waals surface area contributed by atoms with E-state index >= 15 is 0 Å². The molecule has 0 unspecified atom stereocenters. The predicted octanol–water partition coefficient (Wildman–Crippen LogP) is 2.37. The first-order chi connectivity index (χ1) is 7.62. The fourth-order valence-electron chi connectivity index (χ4n) is 1.66. The van der Waals surface area contributed by atoms with Gasteiger partial charge in [-0.2, -0.15) is 0 Å². The lowest BCUT2D eigenvalue weighted by Crippen LogP contribution is -2.30. The summed E-state index contributed by atoms with van der Waals surface area (Å²) >= 11 is 0. The smallest absolute Gasteiger partial charge is 0.264 e. The monoisotopic (exact) mass is 222 g/mol. The van der Waals surface area contributed by atoms with Crippen LogP contribution in [-0.2, 0) is 6.42 Å². The number of para-hydroxylation sites is 1. The van der Waals surface area contributed by atoms with Gasteiger partial charge in [0, 0.05) is 18.0 Å². The number of nitrogens with two attached hydrogens (primary N) is 1. The minimum absolute atomic E-state index is 0.341. The maximum atomic E-state index is 13.2. The van der Waals surface area contributed by atoms with Gasteiger partial charge in [0.05, 0.1) is 12.1 Å². The fourth-order valence-corrected chi connectivity index (χ4v) is 1.66. The lowest BCUT2D eigenvalue weighted by Gasteiger charge is -2.14. The summed E-state index contributed by atoms with van der Waals surface area (Å²) in [6, 6.07) is 8.86. The number of aromatic nitrogens is 1. The standard InChI is InChI=1S/C12H12F2N2/c13-12(14,8-15)7-9-5-6-16-11-4-2-1-3-10(9)11/h1-6H,7-8,15H2. The summed E-state index contributed by atoms with van der Waals surface area (Å²) in [6.07, 6.45) is 1.21. The number of rotatable bonds is 3. The van der Waals surface area contributed by atoms with Gasteiger partial charge < -0.3 is 5.73 Å². The van der Waals surface area contributed by atoms with Crippen molar-refractivity contribution in [2.75, 3.05) is 6.54 Å². The highest BCUT2D eigenvalue weighted by Gasteiger charge is 2.27. The normalized spacial score (nSPS) is 11.9. The molecule has 0 aliphatic carbocycles. The SMILES string of the molecule is NCC(F)(F)Cc1ccnc2ccccc12. The molecule has 1 aromatic carbocycles. The molecule has 1 aromatic heterocycles. The zero-order valence-electron chi connectivity index (χ0n) is 8.66. The summed E-state index contributed by atoms with van der Waals surface area (Å²) in [4.78, 5) is 4.12. The Kier molecular flexibility index (Phi) is 2.83. The maximum Gasteiger partial charge on any atom is 0.264 e. The lowest BCUT2D eigenvalue weighted by molar-refractivity contribution is 0.0118. The third-order valence-corrected chi connectivity index (χ3v) is 2.49. The van der Waals surface area contributed by atoms with Crippen LogP contribution >= 0.6 is 0 Å². The van der Waals surface area contributed by atoms with E-state index in [1.54, 1.807) is 24.4 Å². The topological polar surface area (TPSA) is 38.9 Å². The first-order valence-electron chi connectivity index (χ1n) is 5.03. The summed E-state index contributed by atoms with van der Waals surface area (Å²) in [6.45, 7) is -0.635. The number of halogens is 2. The minimum atomic E-state index is -2.86. The number of alkyl halides is 2. The minimum Gasteiger partial charge on any atom is -0.325 e. The third-order valence-electron chi connectivity index (χ3n) is 2.49. The van der Waals surface area contributed by atoms with Gasteiger partial charge >= 0.3 is 0 Å². The van der Waals surface area contributed by atoms with Gasteiger partial charge in [-0.3, -0.25) is 4.98 Å². The molecule has 16 heavy (non-hydrogen) atoms. The molecule has 0 amide bonds. The molecule has 0 aliphatic rings. The quantitative estimate of drug-likeness (QED) is 0.865. The molecule has 2 nitrogen and oxygen atoms in total. The zero-order chi connectivity index (χ0) is 11.6. The average molecular weight is 222 g/mol. The van der Waals surface area contributed by atoms with Crippen molar-refractivity contribution in [2.24, 2.45) is 5.73 Å². The highest BCUT2D eigenvalue weighted by Crippen LogP contribution is 2.23. The molecule has 0 bridgehead atoms. The number of hydrogen-bond donors (Lipinski definition) is 1. The van der Waals surface area contributed by atoms with E-state index in [0.717, 1.165) is 10.9 Å². The van der Waals surface area contributed by atoms with E-state index < -0.39 is 12.5 Å². The molecule has 0 saturated heterocycles. The van der Waals surface area contributed by atoms with Crippen LogP contribution in [0.15, 0.2) is 36.5 Å². The van der Waals surface area contributed by atoms with Gasteiger partial charge in [0.1, 0.15) is 0 Å². The number of benzene rings is 1. The fraction of sp³-hybridized carbons (Fsp3) is 0.250. The lowest BCUT2D eigenvalue weighted by atomic mass is 10.0. The summed E-state index contributed by atoms with van der Waals surface area (Å²) < 4.78 is 26.4. The molecule has 0 aliphatic heterocycles. The van der Waals surface area contributed by atoms with Gasteiger partial charge in [0.2, 0.25) is 0 Å². The van der Waals surface area contributed by atoms with Crippen molar-refractivity contribution >= 4 is 10.9 Å². The van der Waals surface area contributed by atoms with Gasteiger partial charge in [-0.05, 0) is 17.7 Å². The maximum absolute atomic E-state index is 13.2. The molecular formula is C12H12F2N2. The largest absolute Gasteiger partial charge is 0.325 e. The van der Waals surface area contributed by atoms with Crippen molar-refractivity contribution in [3.63, 3.8) is 0 Å². The van der Waals surface area contributed by atoms with Crippen molar-refractivity contribution in [3.05, 3.63) is 42.1 Å². The summed E-state index contributed by atoms with van der Waals surface area (Å²) in [5.41, 5.74) is 6.35. The van der Waals surface area contributed by atoms with E-state index in [1.807, 2.05) is 12.1 Å². The molecule has 1 heterocycles.